The van der Waals surface area contributed by atoms with Crippen molar-refractivity contribution in [2.24, 2.45) is 0 Å². The van der Waals surface area contributed by atoms with Gasteiger partial charge in [0.25, 0.3) is 5.91 Å². The number of aryl methyl sites for hydroxylation is 1. The molecule has 2 heterocycles. The van der Waals surface area contributed by atoms with Crippen molar-refractivity contribution in [2.75, 3.05) is 0 Å². The van der Waals surface area contributed by atoms with Crippen LogP contribution in [0.2, 0.25) is 0 Å². The maximum absolute atomic E-state index is 11.7. The summed E-state index contributed by atoms with van der Waals surface area (Å²) < 4.78 is 4.77. The molecule has 0 aliphatic heterocycles. The predicted molar refractivity (Wildman–Crippen MR) is 59.2 cm³/mol. The first-order valence-corrected chi connectivity index (χ1v) is 5.12. The number of hydrogen-bond donors (Lipinski definition) is 1. The van der Waals surface area contributed by atoms with Gasteiger partial charge in [0.05, 0.1) is 12.1 Å². The van der Waals surface area contributed by atoms with Crippen LogP contribution in [0.25, 0.3) is 0 Å². The molecule has 0 bridgehead atoms. The van der Waals surface area contributed by atoms with Gasteiger partial charge >= 0.3 is 0 Å². The van der Waals surface area contributed by atoms with Crippen LogP contribution < -0.4 is 5.32 Å². The van der Waals surface area contributed by atoms with E-state index in [9.17, 15) is 4.79 Å². The Morgan fingerprint density at radius 3 is 2.94 bits per heavy atom. The van der Waals surface area contributed by atoms with Gasteiger partial charge in [0.15, 0.2) is 5.82 Å². The molecule has 0 aliphatic carbocycles. The molecule has 2 aromatic rings. The van der Waals surface area contributed by atoms with E-state index in [-0.39, 0.29) is 18.1 Å². The molecule has 0 aliphatic rings. The van der Waals surface area contributed by atoms with E-state index in [0.717, 1.165) is 0 Å². The number of carbonyl (C=O) groups is 1. The van der Waals surface area contributed by atoms with Crippen LogP contribution in [0.3, 0.4) is 0 Å². The third kappa shape index (κ3) is 2.68. The lowest BCUT2D eigenvalue weighted by atomic mass is 10.2. The average molecular weight is 243 g/mol. The van der Waals surface area contributed by atoms with Crippen molar-refractivity contribution < 1.29 is 9.32 Å². The van der Waals surface area contributed by atoms with Crippen molar-refractivity contribution in [3.63, 3.8) is 0 Å². The molecule has 0 unspecified atom stereocenters. The minimum Gasteiger partial charge on any atom is -0.343 e. The van der Waals surface area contributed by atoms with Crippen LogP contribution in [0.15, 0.2) is 22.9 Å². The number of amides is 1. The molecule has 0 saturated carbocycles. The molecule has 0 spiro atoms. The molecule has 18 heavy (non-hydrogen) atoms. The zero-order valence-electron chi connectivity index (χ0n) is 9.54. The lowest BCUT2D eigenvalue weighted by molar-refractivity contribution is 0.0944. The SMILES string of the molecule is Cc1nc(CNC(=O)c2ccc(C#N)cn2)no1. The van der Waals surface area contributed by atoms with E-state index in [4.69, 9.17) is 9.78 Å². The van der Waals surface area contributed by atoms with Crippen molar-refractivity contribution in [1.82, 2.24) is 20.4 Å². The van der Waals surface area contributed by atoms with E-state index < -0.39 is 0 Å². The summed E-state index contributed by atoms with van der Waals surface area (Å²) in [6.07, 6.45) is 1.34. The molecule has 90 valence electrons. The van der Waals surface area contributed by atoms with Crippen LogP contribution in [-0.4, -0.2) is 21.0 Å². The summed E-state index contributed by atoms with van der Waals surface area (Å²) in [5, 5.41) is 14.8. The van der Waals surface area contributed by atoms with E-state index in [1.807, 2.05) is 6.07 Å². The first kappa shape index (κ1) is 11.7. The van der Waals surface area contributed by atoms with E-state index in [0.29, 0.717) is 17.3 Å². The Morgan fingerprint density at radius 2 is 2.39 bits per heavy atom. The molecule has 0 fully saturated rings. The third-order valence-corrected chi connectivity index (χ3v) is 2.10. The summed E-state index contributed by atoms with van der Waals surface area (Å²) >= 11 is 0. The van der Waals surface area contributed by atoms with Crippen LogP contribution in [0.5, 0.6) is 0 Å². The first-order chi connectivity index (χ1) is 8.69. The van der Waals surface area contributed by atoms with Crippen molar-refractivity contribution in [2.45, 2.75) is 13.5 Å². The minimum absolute atomic E-state index is 0.165. The number of aromatic nitrogens is 3. The molecule has 0 aromatic carbocycles. The van der Waals surface area contributed by atoms with Crippen molar-refractivity contribution in [1.29, 1.82) is 5.26 Å². The topological polar surface area (TPSA) is 105 Å². The molecule has 0 radical (unpaired) electrons. The van der Waals surface area contributed by atoms with Gasteiger partial charge in [-0.3, -0.25) is 4.79 Å². The summed E-state index contributed by atoms with van der Waals surface area (Å²) in [5.74, 6) is 0.479. The number of hydrogen-bond acceptors (Lipinski definition) is 6. The summed E-state index contributed by atoms with van der Waals surface area (Å²) in [6.45, 7) is 1.83. The maximum atomic E-state index is 11.7. The smallest absolute Gasteiger partial charge is 0.270 e. The quantitative estimate of drug-likeness (QED) is 0.845. The normalized spacial score (nSPS) is 9.78. The highest BCUT2D eigenvalue weighted by atomic mass is 16.5. The van der Waals surface area contributed by atoms with Crippen LogP contribution in [-0.2, 0) is 6.54 Å². The highest BCUT2D eigenvalue weighted by Gasteiger charge is 2.09. The van der Waals surface area contributed by atoms with E-state index in [1.54, 1.807) is 6.92 Å². The Labute approximate surface area is 102 Å². The minimum atomic E-state index is -0.359. The van der Waals surface area contributed by atoms with Crippen LogP contribution in [0.1, 0.15) is 27.8 Å². The second-order valence-electron chi connectivity index (χ2n) is 3.46. The molecule has 2 aromatic heterocycles. The molecule has 7 heteroatoms. The number of rotatable bonds is 3. The highest BCUT2D eigenvalue weighted by Crippen LogP contribution is 2.00. The van der Waals surface area contributed by atoms with Gasteiger partial charge in [-0.2, -0.15) is 10.2 Å². The average Bonchev–Trinajstić information content (AvgIpc) is 2.82. The Kier molecular flexibility index (Phi) is 3.29. The van der Waals surface area contributed by atoms with Gasteiger partial charge in [-0.05, 0) is 12.1 Å². The summed E-state index contributed by atoms with van der Waals surface area (Å²) in [5.41, 5.74) is 0.634. The first-order valence-electron chi connectivity index (χ1n) is 5.12. The standard InChI is InChI=1S/C11H9N5O2/c1-7-15-10(16-18-7)6-14-11(17)9-3-2-8(4-12)5-13-9/h2-3,5H,6H2,1H3,(H,14,17). The monoisotopic (exact) mass is 243 g/mol. The Hall–Kier alpha value is -2.75. The number of carbonyl (C=O) groups excluding carboxylic acids is 1. The fourth-order valence-corrected chi connectivity index (χ4v) is 1.26. The molecule has 0 atom stereocenters. The van der Waals surface area contributed by atoms with Crippen LogP contribution in [0, 0.1) is 18.3 Å². The second-order valence-corrected chi connectivity index (χ2v) is 3.46. The van der Waals surface area contributed by atoms with Gasteiger partial charge in [0.2, 0.25) is 5.89 Å². The largest absolute Gasteiger partial charge is 0.343 e. The maximum Gasteiger partial charge on any atom is 0.270 e. The van der Waals surface area contributed by atoms with E-state index >= 15 is 0 Å². The van der Waals surface area contributed by atoms with Crippen molar-refractivity contribution in [3.05, 3.63) is 41.3 Å². The zero-order chi connectivity index (χ0) is 13.0. The van der Waals surface area contributed by atoms with Crippen LogP contribution in [0.4, 0.5) is 0 Å². The van der Waals surface area contributed by atoms with Gasteiger partial charge < -0.3 is 9.84 Å². The fraction of sp³-hybridized carbons (Fsp3) is 0.182. The number of nitrogens with one attached hydrogen (secondary N) is 1. The van der Waals surface area contributed by atoms with Gasteiger partial charge in [-0.1, -0.05) is 5.16 Å². The number of pyridine rings is 1. The van der Waals surface area contributed by atoms with Gasteiger partial charge in [-0.15, -0.1) is 0 Å². The molecule has 7 nitrogen and oxygen atoms in total. The lowest BCUT2D eigenvalue weighted by Crippen LogP contribution is -2.24. The fourth-order valence-electron chi connectivity index (χ4n) is 1.26. The summed E-state index contributed by atoms with van der Waals surface area (Å²) in [6, 6.07) is 4.94. The Balaban J connectivity index is 1.97. The zero-order valence-corrected chi connectivity index (χ0v) is 9.54. The van der Waals surface area contributed by atoms with Crippen LogP contribution >= 0.6 is 0 Å². The summed E-state index contributed by atoms with van der Waals surface area (Å²) in [4.78, 5) is 19.5. The predicted octanol–water partition coefficient (Wildman–Crippen LogP) is 0.575. The summed E-state index contributed by atoms with van der Waals surface area (Å²) in [7, 11) is 0. The highest BCUT2D eigenvalue weighted by molar-refractivity contribution is 5.92. The van der Waals surface area contributed by atoms with Gasteiger partial charge in [0, 0.05) is 13.1 Å². The second kappa shape index (κ2) is 5.05. The molecule has 2 rings (SSSR count). The van der Waals surface area contributed by atoms with E-state index in [2.05, 4.69) is 20.4 Å². The van der Waals surface area contributed by atoms with Gasteiger partial charge in [0.1, 0.15) is 11.8 Å². The number of nitriles is 1. The van der Waals surface area contributed by atoms with Gasteiger partial charge in [-0.25, -0.2) is 4.98 Å². The lowest BCUT2D eigenvalue weighted by Gasteiger charge is -2.01. The molecule has 1 amide bonds. The Morgan fingerprint density at radius 1 is 1.56 bits per heavy atom. The number of nitrogens with zero attached hydrogens (tertiary/aromatic N) is 4. The molecule has 1 N–H and O–H groups in total. The third-order valence-electron chi connectivity index (χ3n) is 2.10. The van der Waals surface area contributed by atoms with E-state index in [1.165, 1.54) is 18.3 Å². The molecular formula is C11H9N5O2. The molecule has 0 saturated heterocycles. The Bertz CT molecular complexity index is 597. The van der Waals surface area contributed by atoms with Crippen molar-refractivity contribution >= 4 is 5.91 Å². The van der Waals surface area contributed by atoms with Crippen molar-refractivity contribution in [3.8, 4) is 6.07 Å². The molecular weight excluding hydrogens is 234 g/mol.